The lowest BCUT2D eigenvalue weighted by Gasteiger charge is -2.32. The first-order valence-electron chi connectivity index (χ1n) is 10.4. The van der Waals surface area contributed by atoms with Crippen molar-refractivity contribution in [2.45, 2.75) is 42.0 Å². The molecule has 2 atom stereocenters. The molecule has 0 saturated carbocycles. The van der Waals surface area contributed by atoms with E-state index in [1.54, 1.807) is 12.1 Å². The first-order chi connectivity index (χ1) is 15.0. The molecule has 0 bridgehead atoms. The van der Waals surface area contributed by atoms with Crippen LogP contribution >= 0.6 is 11.6 Å². The Balaban J connectivity index is 1.70. The molecule has 2 aromatic carbocycles. The standard InChI is InChI=1S/C22H27ClN2O5S2/c1-3-21(16-6-10-19(11-7-16)31(2,27)28)24-22(26)17-5-4-14-25(15-17)32(29,30)20-12-8-18(23)9-13-20/h6-13,17,21H,3-5,14-15H2,1-2H3,(H,24,26). The zero-order chi connectivity index (χ0) is 23.5. The number of hydrogen-bond acceptors (Lipinski definition) is 5. The van der Waals surface area contributed by atoms with Crippen LogP contribution in [-0.4, -0.2) is 46.4 Å². The average Bonchev–Trinajstić information content (AvgIpc) is 2.77. The summed E-state index contributed by atoms with van der Waals surface area (Å²) in [7, 11) is -7.01. The average molecular weight is 499 g/mol. The third-order valence-electron chi connectivity index (χ3n) is 5.64. The van der Waals surface area contributed by atoms with Gasteiger partial charge in [0.15, 0.2) is 9.84 Å². The third kappa shape index (κ3) is 5.70. The summed E-state index contributed by atoms with van der Waals surface area (Å²) < 4.78 is 50.7. The predicted octanol–water partition coefficient (Wildman–Crippen LogP) is 3.41. The lowest BCUT2D eigenvalue weighted by molar-refractivity contribution is -0.126. The van der Waals surface area contributed by atoms with E-state index in [4.69, 9.17) is 11.6 Å². The number of nitrogens with zero attached hydrogens (tertiary/aromatic N) is 1. The number of sulfonamides is 1. The summed E-state index contributed by atoms with van der Waals surface area (Å²) in [6.45, 7) is 2.40. The van der Waals surface area contributed by atoms with E-state index in [9.17, 15) is 21.6 Å². The van der Waals surface area contributed by atoms with Gasteiger partial charge in [0.1, 0.15) is 0 Å². The molecule has 1 N–H and O–H groups in total. The van der Waals surface area contributed by atoms with Crippen molar-refractivity contribution in [2.75, 3.05) is 19.3 Å². The Bertz CT molecular complexity index is 1160. The van der Waals surface area contributed by atoms with Gasteiger partial charge in [0.25, 0.3) is 0 Å². The molecule has 1 saturated heterocycles. The lowest BCUT2D eigenvalue weighted by Crippen LogP contribution is -2.46. The molecule has 1 aliphatic heterocycles. The van der Waals surface area contributed by atoms with Crippen LogP contribution in [0.4, 0.5) is 0 Å². The van der Waals surface area contributed by atoms with Crippen LogP contribution in [0.5, 0.6) is 0 Å². The fourth-order valence-corrected chi connectivity index (χ4v) is 6.07. The Morgan fingerprint density at radius 1 is 1.06 bits per heavy atom. The number of nitrogens with one attached hydrogen (secondary N) is 1. The van der Waals surface area contributed by atoms with Crippen molar-refractivity contribution in [3.63, 3.8) is 0 Å². The Kier molecular flexibility index (Phi) is 7.65. The van der Waals surface area contributed by atoms with E-state index in [0.717, 1.165) is 11.8 Å². The lowest BCUT2D eigenvalue weighted by atomic mass is 9.97. The van der Waals surface area contributed by atoms with Gasteiger partial charge >= 0.3 is 0 Å². The van der Waals surface area contributed by atoms with Crippen molar-refractivity contribution in [2.24, 2.45) is 5.92 Å². The molecule has 3 rings (SSSR count). The molecule has 32 heavy (non-hydrogen) atoms. The minimum absolute atomic E-state index is 0.111. The molecule has 0 spiro atoms. The minimum atomic E-state index is -3.71. The van der Waals surface area contributed by atoms with E-state index in [1.807, 2.05) is 6.92 Å². The zero-order valence-corrected chi connectivity index (χ0v) is 20.4. The Morgan fingerprint density at radius 2 is 1.66 bits per heavy atom. The maximum Gasteiger partial charge on any atom is 0.243 e. The van der Waals surface area contributed by atoms with E-state index in [-0.39, 0.29) is 28.3 Å². The molecule has 1 amide bonds. The van der Waals surface area contributed by atoms with Crippen molar-refractivity contribution >= 4 is 37.4 Å². The van der Waals surface area contributed by atoms with Crippen LogP contribution < -0.4 is 5.32 Å². The van der Waals surface area contributed by atoms with Crippen molar-refractivity contribution in [3.05, 3.63) is 59.1 Å². The summed E-state index contributed by atoms with van der Waals surface area (Å²) in [4.78, 5) is 13.3. The van der Waals surface area contributed by atoms with E-state index in [2.05, 4.69) is 5.32 Å². The van der Waals surface area contributed by atoms with Crippen LogP contribution in [0.25, 0.3) is 0 Å². The summed E-state index contributed by atoms with van der Waals surface area (Å²) in [6, 6.07) is 12.2. The predicted molar refractivity (Wildman–Crippen MR) is 124 cm³/mol. The summed E-state index contributed by atoms with van der Waals surface area (Å²) in [6.07, 6.45) is 2.95. The van der Waals surface area contributed by atoms with E-state index in [0.29, 0.717) is 30.8 Å². The number of carbonyl (C=O) groups excluding carboxylic acids is 1. The van der Waals surface area contributed by atoms with Gasteiger partial charge in [0, 0.05) is 24.4 Å². The zero-order valence-electron chi connectivity index (χ0n) is 18.0. The Morgan fingerprint density at radius 3 is 2.22 bits per heavy atom. The maximum absolute atomic E-state index is 13.0. The van der Waals surface area contributed by atoms with Gasteiger partial charge in [-0.3, -0.25) is 4.79 Å². The first kappa shape index (κ1) is 24.7. The molecule has 0 aromatic heterocycles. The molecule has 0 radical (unpaired) electrons. The molecule has 10 heteroatoms. The Labute approximate surface area is 194 Å². The highest BCUT2D eigenvalue weighted by Gasteiger charge is 2.34. The summed E-state index contributed by atoms with van der Waals surface area (Å²) in [5.41, 5.74) is 0.801. The second-order valence-electron chi connectivity index (χ2n) is 7.97. The summed E-state index contributed by atoms with van der Waals surface area (Å²) in [5, 5.41) is 3.46. The molecule has 2 aromatic rings. The van der Waals surface area contributed by atoms with Crippen molar-refractivity contribution < 1.29 is 21.6 Å². The summed E-state index contributed by atoms with van der Waals surface area (Å²) >= 11 is 5.86. The monoisotopic (exact) mass is 498 g/mol. The van der Waals surface area contributed by atoms with E-state index in [1.165, 1.54) is 40.7 Å². The molecule has 1 fully saturated rings. The number of rotatable bonds is 7. The number of amides is 1. The van der Waals surface area contributed by atoms with Gasteiger partial charge in [0.2, 0.25) is 15.9 Å². The topological polar surface area (TPSA) is 101 Å². The second-order valence-corrected chi connectivity index (χ2v) is 12.4. The molecule has 2 unspecified atom stereocenters. The van der Waals surface area contributed by atoms with E-state index >= 15 is 0 Å². The summed E-state index contributed by atoms with van der Waals surface area (Å²) in [5.74, 6) is -0.671. The van der Waals surface area contributed by atoms with Gasteiger partial charge in [-0.1, -0.05) is 30.7 Å². The number of piperidine rings is 1. The number of benzene rings is 2. The van der Waals surface area contributed by atoms with Crippen LogP contribution in [0, 0.1) is 5.92 Å². The fraction of sp³-hybridized carbons (Fsp3) is 0.409. The first-order valence-corrected chi connectivity index (χ1v) is 14.1. The van der Waals surface area contributed by atoms with Crippen LogP contribution in [0.15, 0.2) is 58.3 Å². The number of halogens is 1. The molecule has 7 nitrogen and oxygen atoms in total. The molecular formula is C22H27ClN2O5S2. The Hall–Kier alpha value is -1.94. The highest BCUT2D eigenvalue weighted by atomic mass is 35.5. The van der Waals surface area contributed by atoms with Crippen LogP contribution in [0.3, 0.4) is 0 Å². The van der Waals surface area contributed by atoms with Gasteiger partial charge in [-0.15, -0.1) is 0 Å². The van der Waals surface area contributed by atoms with Crippen molar-refractivity contribution in [1.82, 2.24) is 9.62 Å². The number of carbonyl (C=O) groups is 1. The van der Waals surface area contributed by atoms with Gasteiger partial charge < -0.3 is 5.32 Å². The van der Waals surface area contributed by atoms with Gasteiger partial charge in [-0.2, -0.15) is 4.31 Å². The smallest absolute Gasteiger partial charge is 0.243 e. The van der Waals surface area contributed by atoms with Crippen LogP contribution in [0.2, 0.25) is 5.02 Å². The van der Waals surface area contributed by atoms with Crippen LogP contribution in [0.1, 0.15) is 37.8 Å². The van der Waals surface area contributed by atoms with Gasteiger partial charge in [0.05, 0.1) is 21.8 Å². The SMILES string of the molecule is CCC(NC(=O)C1CCCN(S(=O)(=O)c2ccc(Cl)cc2)C1)c1ccc(S(C)(=O)=O)cc1. The highest BCUT2D eigenvalue weighted by Crippen LogP contribution is 2.26. The molecule has 174 valence electrons. The molecule has 1 aliphatic rings. The molecule has 0 aliphatic carbocycles. The fourth-order valence-electron chi connectivity index (χ4n) is 3.79. The maximum atomic E-state index is 13.0. The highest BCUT2D eigenvalue weighted by molar-refractivity contribution is 7.90. The van der Waals surface area contributed by atoms with Crippen molar-refractivity contribution in [3.8, 4) is 0 Å². The van der Waals surface area contributed by atoms with Gasteiger partial charge in [-0.25, -0.2) is 16.8 Å². The molecular weight excluding hydrogens is 472 g/mol. The number of hydrogen-bond donors (Lipinski definition) is 1. The largest absolute Gasteiger partial charge is 0.349 e. The quantitative estimate of drug-likeness (QED) is 0.630. The number of sulfone groups is 1. The van der Waals surface area contributed by atoms with E-state index < -0.39 is 25.8 Å². The normalized spacial score (nSPS) is 18.8. The molecule has 1 heterocycles. The third-order valence-corrected chi connectivity index (χ3v) is 8.90. The van der Waals surface area contributed by atoms with Gasteiger partial charge in [-0.05, 0) is 61.2 Å². The minimum Gasteiger partial charge on any atom is -0.349 e. The second kappa shape index (κ2) is 9.91. The van der Waals surface area contributed by atoms with Crippen molar-refractivity contribution in [1.29, 1.82) is 0 Å². The van der Waals surface area contributed by atoms with Crippen LogP contribution in [-0.2, 0) is 24.7 Å².